The number of ketones is 1. The molecule has 0 saturated heterocycles. The third-order valence-corrected chi connectivity index (χ3v) is 2.99. The minimum atomic E-state index is -0.443. The van der Waals surface area contributed by atoms with Gasteiger partial charge in [0.05, 0.1) is 6.54 Å². The Kier molecular flexibility index (Phi) is 3.77. The summed E-state index contributed by atoms with van der Waals surface area (Å²) in [5.41, 5.74) is 0.143. The molecule has 0 amide bonds. The smallest absolute Gasteiger partial charge is 0.211 e. The summed E-state index contributed by atoms with van der Waals surface area (Å²) in [6, 6.07) is 6.49. The van der Waals surface area contributed by atoms with Crippen LogP contribution in [0, 0.1) is 5.82 Å². The maximum atomic E-state index is 13.4. The Balaban J connectivity index is 2.16. The van der Waals surface area contributed by atoms with Crippen molar-refractivity contribution in [1.29, 1.82) is 0 Å². The number of hydrogen-bond donors (Lipinski definition) is 1. The quantitative estimate of drug-likeness (QED) is 0.828. The Labute approximate surface area is 105 Å². The van der Waals surface area contributed by atoms with Crippen LogP contribution in [-0.2, 0) is 0 Å². The second kappa shape index (κ2) is 5.31. The van der Waals surface area contributed by atoms with Crippen LogP contribution in [0.5, 0.6) is 0 Å². The van der Waals surface area contributed by atoms with Gasteiger partial charge in [0.2, 0.25) is 5.78 Å². The van der Waals surface area contributed by atoms with Gasteiger partial charge in [-0.25, -0.2) is 4.39 Å². The van der Waals surface area contributed by atoms with Crippen molar-refractivity contribution in [2.24, 2.45) is 0 Å². The van der Waals surface area contributed by atoms with E-state index in [0.29, 0.717) is 5.39 Å². The minimum absolute atomic E-state index is 0.143. The number of carbonyl (C=O) groups is 1. The number of para-hydroxylation sites is 1. The lowest BCUT2D eigenvalue weighted by atomic mass is 10.2. The molecule has 0 aliphatic rings. The van der Waals surface area contributed by atoms with Crippen molar-refractivity contribution in [3.8, 4) is 0 Å². The molecule has 1 atom stereocenters. The largest absolute Gasteiger partial charge is 0.450 e. The monoisotopic (exact) mass is 249 g/mol. The Morgan fingerprint density at radius 2 is 2.28 bits per heavy atom. The topological polar surface area (TPSA) is 42.2 Å². The van der Waals surface area contributed by atoms with Gasteiger partial charge in [0.25, 0.3) is 0 Å². The lowest BCUT2D eigenvalue weighted by Crippen LogP contribution is -2.30. The zero-order valence-electron chi connectivity index (χ0n) is 10.5. The van der Waals surface area contributed by atoms with Crippen molar-refractivity contribution in [2.75, 3.05) is 6.54 Å². The fourth-order valence-electron chi connectivity index (χ4n) is 1.66. The Morgan fingerprint density at radius 3 is 2.94 bits per heavy atom. The van der Waals surface area contributed by atoms with Crippen LogP contribution in [0.25, 0.3) is 11.0 Å². The van der Waals surface area contributed by atoms with Crippen molar-refractivity contribution in [3.05, 3.63) is 35.8 Å². The molecule has 0 aliphatic carbocycles. The first-order valence-corrected chi connectivity index (χ1v) is 6.06. The molecule has 1 aromatic carbocycles. The molecule has 0 fully saturated rings. The molecule has 96 valence electrons. The molecule has 2 aromatic rings. The first-order valence-electron chi connectivity index (χ1n) is 6.06. The van der Waals surface area contributed by atoms with E-state index < -0.39 is 5.82 Å². The Hall–Kier alpha value is -1.68. The second-order valence-corrected chi connectivity index (χ2v) is 4.38. The first-order chi connectivity index (χ1) is 8.61. The van der Waals surface area contributed by atoms with Crippen LogP contribution in [0.3, 0.4) is 0 Å². The van der Waals surface area contributed by atoms with Crippen LogP contribution >= 0.6 is 0 Å². The molecule has 0 bridgehead atoms. The van der Waals surface area contributed by atoms with E-state index in [1.807, 2.05) is 13.8 Å². The SMILES string of the molecule is CCC(C)NCC(=O)c1cc2cccc(F)c2o1. The van der Waals surface area contributed by atoms with Gasteiger partial charge in [-0.2, -0.15) is 0 Å². The first kappa shape index (κ1) is 12.8. The van der Waals surface area contributed by atoms with Gasteiger partial charge in [0.1, 0.15) is 0 Å². The summed E-state index contributed by atoms with van der Waals surface area (Å²) >= 11 is 0. The van der Waals surface area contributed by atoms with Crippen LogP contribution in [0.15, 0.2) is 28.7 Å². The molecule has 1 N–H and O–H groups in total. The van der Waals surface area contributed by atoms with Gasteiger partial charge >= 0.3 is 0 Å². The Bertz CT molecular complexity index is 562. The molecule has 1 unspecified atom stereocenters. The fourth-order valence-corrected chi connectivity index (χ4v) is 1.66. The van der Waals surface area contributed by atoms with E-state index >= 15 is 0 Å². The minimum Gasteiger partial charge on any atom is -0.450 e. The van der Waals surface area contributed by atoms with Crippen LogP contribution < -0.4 is 5.32 Å². The Morgan fingerprint density at radius 1 is 1.50 bits per heavy atom. The summed E-state index contributed by atoms with van der Waals surface area (Å²) in [6.07, 6.45) is 0.946. The number of carbonyl (C=O) groups excluding carboxylic acids is 1. The summed E-state index contributed by atoms with van der Waals surface area (Å²) in [6.45, 7) is 4.25. The summed E-state index contributed by atoms with van der Waals surface area (Å²) in [5, 5.41) is 3.70. The van der Waals surface area contributed by atoms with Crippen molar-refractivity contribution < 1.29 is 13.6 Å². The number of nitrogens with one attached hydrogen (secondary N) is 1. The zero-order chi connectivity index (χ0) is 13.1. The third kappa shape index (κ3) is 2.59. The lowest BCUT2D eigenvalue weighted by Gasteiger charge is -2.08. The highest BCUT2D eigenvalue weighted by Crippen LogP contribution is 2.22. The van der Waals surface area contributed by atoms with Gasteiger partial charge in [0.15, 0.2) is 17.2 Å². The van der Waals surface area contributed by atoms with E-state index in [-0.39, 0.29) is 29.7 Å². The standard InChI is InChI=1S/C14H16FNO2/c1-3-9(2)16-8-12(17)13-7-10-5-4-6-11(15)14(10)18-13/h4-7,9,16H,3,8H2,1-2H3. The molecule has 0 radical (unpaired) electrons. The van der Waals surface area contributed by atoms with E-state index in [0.717, 1.165) is 6.42 Å². The van der Waals surface area contributed by atoms with Crippen LogP contribution in [-0.4, -0.2) is 18.4 Å². The van der Waals surface area contributed by atoms with Crippen molar-refractivity contribution in [1.82, 2.24) is 5.32 Å². The highest BCUT2D eigenvalue weighted by Gasteiger charge is 2.14. The molecule has 0 spiro atoms. The number of rotatable bonds is 5. The average Bonchev–Trinajstić information content (AvgIpc) is 2.81. The summed E-state index contributed by atoms with van der Waals surface area (Å²) in [7, 11) is 0. The molecule has 4 heteroatoms. The maximum Gasteiger partial charge on any atom is 0.211 e. The number of benzene rings is 1. The normalized spacial score (nSPS) is 12.8. The molecular weight excluding hydrogens is 233 g/mol. The lowest BCUT2D eigenvalue weighted by molar-refractivity contribution is 0.0963. The highest BCUT2D eigenvalue weighted by atomic mass is 19.1. The molecule has 2 rings (SSSR count). The van der Waals surface area contributed by atoms with Gasteiger partial charge in [0, 0.05) is 11.4 Å². The van der Waals surface area contributed by atoms with E-state index in [1.165, 1.54) is 6.07 Å². The number of halogens is 1. The highest BCUT2D eigenvalue weighted by molar-refractivity contribution is 5.98. The zero-order valence-corrected chi connectivity index (χ0v) is 10.5. The van der Waals surface area contributed by atoms with Gasteiger partial charge in [-0.1, -0.05) is 19.1 Å². The third-order valence-electron chi connectivity index (χ3n) is 2.99. The molecule has 0 aliphatic heterocycles. The molecule has 18 heavy (non-hydrogen) atoms. The molecule has 1 aromatic heterocycles. The van der Waals surface area contributed by atoms with Gasteiger partial charge in [-0.3, -0.25) is 4.79 Å². The van der Waals surface area contributed by atoms with E-state index in [9.17, 15) is 9.18 Å². The summed E-state index contributed by atoms with van der Waals surface area (Å²) in [4.78, 5) is 11.9. The fraction of sp³-hybridized carbons (Fsp3) is 0.357. The van der Waals surface area contributed by atoms with E-state index in [4.69, 9.17) is 4.42 Å². The van der Waals surface area contributed by atoms with Crippen LogP contribution in [0.4, 0.5) is 4.39 Å². The predicted molar refractivity (Wildman–Crippen MR) is 68.3 cm³/mol. The average molecular weight is 249 g/mol. The number of Topliss-reactive ketones (excluding diaryl/α,β-unsaturated/α-hetero) is 1. The van der Waals surface area contributed by atoms with Gasteiger partial charge in [-0.15, -0.1) is 0 Å². The van der Waals surface area contributed by atoms with Crippen molar-refractivity contribution in [2.45, 2.75) is 26.3 Å². The second-order valence-electron chi connectivity index (χ2n) is 4.38. The van der Waals surface area contributed by atoms with Crippen LogP contribution in [0.2, 0.25) is 0 Å². The molecule has 3 nitrogen and oxygen atoms in total. The van der Waals surface area contributed by atoms with Crippen molar-refractivity contribution >= 4 is 16.8 Å². The van der Waals surface area contributed by atoms with Crippen LogP contribution in [0.1, 0.15) is 30.8 Å². The number of fused-ring (bicyclic) bond motifs is 1. The van der Waals surface area contributed by atoms with Gasteiger partial charge < -0.3 is 9.73 Å². The van der Waals surface area contributed by atoms with Gasteiger partial charge in [-0.05, 0) is 25.5 Å². The number of furan rings is 1. The summed E-state index contributed by atoms with van der Waals surface area (Å²) in [5.74, 6) is -0.404. The molecule has 0 saturated carbocycles. The predicted octanol–water partition coefficient (Wildman–Crippen LogP) is 3.14. The maximum absolute atomic E-state index is 13.4. The number of hydrogen-bond acceptors (Lipinski definition) is 3. The van der Waals surface area contributed by atoms with E-state index in [2.05, 4.69) is 5.32 Å². The summed E-state index contributed by atoms with van der Waals surface area (Å²) < 4.78 is 18.7. The van der Waals surface area contributed by atoms with E-state index in [1.54, 1.807) is 18.2 Å². The molecule has 1 heterocycles. The molecular formula is C14H16FNO2. The van der Waals surface area contributed by atoms with Crippen molar-refractivity contribution in [3.63, 3.8) is 0 Å².